The van der Waals surface area contributed by atoms with E-state index >= 15 is 0 Å². The van der Waals surface area contributed by atoms with E-state index in [4.69, 9.17) is 0 Å². The van der Waals surface area contributed by atoms with E-state index in [1.165, 1.54) is 18.5 Å². The van der Waals surface area contributed by atoms with Crippen molar-refractivity contribution in [2.24, 2.45) is 0 Å². The van der Waals surface area contributed by atoms with Crippen LogP contribution in [0.1, 0.15) is 11.1 Å². The molecule has 0 saturated heterocycles. The average Bonchev–Trinajstić information content (AvgIpc) is 2.61. The Hall–Kier alpha value is -3.10. The number of alkyl halides is 6. The largest absolute Gasteiger partial charge is 0.416 e. The van der Waals surface area contributed by atoms with Crippen LogP contribution >= 0.6 is 0 Å². The minimum Gasteiger partial charge on any atom is -0.355 e. The Balaban J connectivity index is 2.07. The van der Waals surface area contributed by atoms with Crippen molar-refractivity contribution in [2.75, 3.05) is 5.32 Å². The number of nitrogens with zero attached hydrogens (tertiary/aromatic N) is 2. The fourth-order valence-electron chi connectivity index (χ4n) is 2.41. The number of aromatic nitrogens is 2. The van der Waals surface area contributed by atoms with Gasteiger partial charge in [-0.25, -0.2) is 9.97 Å². The summed E-state index contributed by atoms with van der Waals surface area (Å²) in [5, 5.41) is 2.62. The highest BCUT2D eigenvalue weighted by molar-refractivity contribution is 5.77. The van der Waals surface area contributed by atoms with Crippen LogP contribution in [0, 0.1) is 0 Å². The van der Waals surface area contributed by atoms with Gasteiger partial charge >= 0.3 is 12.4 Å². The van der Waals surface area contributed by atoms with Gasteiger partial charge in [-0.05, 0) is 36.4 Å². The molecule has 0 bridgehead atoms. The zero-order chi connectivity index (χ0) is 19.7. The van der Waals surface area contributed by atoms with Gasteiger partial charge in [-0.1, -0.05) is 12.1 Å². The van der Waals surface area contributed by atoms with Crippen molar-refractivity contribution in [1.82, 2.24) is 9.97 Å². The molecule has 140 valence electrons. The second-order valence-corrected chi connectivity index (χ2v) is 5.54. The number of hydrogen-bond donors (Lipinski definition) is 1. The van der Waals surface area contributed by atoms with E-state index < -0.39 is 23.5 Å². The second kappa shape index (κ2) is 6.90. The lowest BCUT2D eigenvalue weighted by Gasteiger charge is -2.16. The van der Waals surface area contributed by atoms with E-state index in [0.29, 0.717) is 17.7 Å². The number of nitrogens with one attached hydrogen (secondary N) is 1. The van der Waals surface area contributed by atoms with Gasteiger partial charge in [-0.3, -0.25) is 0 Å². The molecule has 0 atom stereocenters. The van der Waals surface area contributed by atoms with Gasteiger partial charge < -0.3 is 5.32 Å². The zero-order valence-corrected chi connectivity index (χ0v) is 13.4. The summed E-state index contributed by atoms with van der Waals surface area (Å²) in [7, 11) is 0. The third-order valence-electron chi connectivity index (χ3n) is 3.60. The highest BCUT2D eigenvalue weighted by Gasteiger charge is 2.37. The van der Waals surface area contributed by atoms with Crippen LogP contribution < -0.4 is 5.32 Å². The molecule has 27 heavy (non-hydrogen) atoms. The van der Waals surface area contributed by atoms with Crippen LogP contribution in [0.3, 0.4) is 0 Å². The van der Waals surface area contributed by atoms with E-state index in [1.54, 1.807) is 24.3 Å². The van der Waals surface area contributed by atoms with Crippen LogP contribution in [0.5, 0.6) is 0 Å². The predicted molar refractivity (Wildman–Crippen MR) is 87.2 cm³/mol. The van der Waals surface area contributed by atoms with Crippen molar-refractivity contribution >= 4 is 11.4 Å². The fraction of sp³-hybridized carbons (Fsp3) is 0.111. The molecule has 0 spiro atoms. The molecule has 3 rings (SSSR count). The number of para-hydroxylation sites is 1. The van der Waals surface area contributed by atoms with E-state index in [-0.39, 0.29) is 23.3 Å². The van der Waals surface area contributed by atoms with E-state index in [2.05, 4.69) is 15.3 Å². The first-order valence-electron chi connectivity index (χ1n) is 7.57. The van der Waals surface area contributed by atoms with Gasteiger partial charge in [-0.2, -0.15) is 26.3 Å². The maximum Gasteiger partial charge on any atom is 0.416 e. The standard InChI is InChI=1S/C18H11F6N3/c19-17(20,21)11-8-12(18(22,23)24)10-13(9-11)27-15-5-2-1-4-14(15)16-25-6-3-7-26-16/h1-10,27H. The molecular formula is C18H11F6N3. The second-order valence-electron chi connectivity index (χ2n) is 5.54. The Kier molecular flexibility index (Phi) is 4.77. The molecule has 1 heterocycles. The molecule has 0 saturated carbocycles. The summed E-state index contributed by atoms with van der Waals surface area (Å²) in [6.45, 7) is 0. The third kappa shape index (κ3) is 4.36. The summed E-state index contributed by atoms with van der Waals surface area (Å²) in [5.74, 6) is 0.281. The van der Waals surface area contributed by atoms with Gasteiger partial charge in [0, 0.05) is 29.3 Å². The fourth-order valence-corrected chi connectivity index (χ4v) is 2.41. The predicted octanol–water partition coefficient (Wildman–Crippen LogP) is 5.92. The van der Waals surface area contributed by atoms with Gasteiger partial charge in [0.2, 0.25) is 0 Å². The van der Waals surface area contributed by atoms with Crippen molar-refractivity contribution in [2.45, 2.75) is 12.4 Å². The average molecular weight is 383 g/mol. The molecule has 0 aliphatic carbocycles. The topological polar surface area (TPSA) is 37.8 Å². The van der Waals surface area contributed by atoms with Crippen LogP contribution in [-0.4, -0.2) is 9.97 Å². The minimum absolute atomic E-state index is 0.0807. The Labute approximate surface area is 149 Å². The molecule has 1 N–H and O–H groups in total. The highest BCUT2D eigenvalue weighted by atomic mass is 19.4. The number of hydrogen-bond acceptors (Lipinski definition) is 3. The molecule has 0 aliphatic heterocycles. The minimum atomic E-state index is -4.92. The van der Waals surface area contributed by atoms with Crippen molar-refractivity contribution < 1.29 is 26.3 Å². The van der Waals surface area contributed by atoms with Crippen LogP contribution in [0.4, 0.5) is 37.7 Å². The van der Waals surface area contributed by atoms with Crippen molar-refractivity contribution in [3.8, 4) is 11.4 Å². The van der Waals surface area contributed by atoms with Crippen LogP contribution in [0.25, 0.3) is 11.4 Å². The number of anilines is 2. The molecule has 9 heteroatoms. The van der Waals surface area contributed by atoms with Crippen LogP contribution in [0.15, 0.2) is 60.9 Å². The summed E-state index contributed by atoms with van der Waals surface area (Å²) >= 11 is 0. The molecule has 0 amide bonds. The summed E-state index contributed by atoms with van der Waals surface area (Å²) in [6, 6.07) is 9.28. The van der Waals surface area contributed by atoms with E-state index in [1.807, 2.05) is 0 Å². The quantitative estimate of drug-likeness (QED) is 0.570. The lowest BCUT2D eigenvalue weighted by Crippen LogP contribution is -2.11. The lowest BCUT2D eigenvalue weighted by molar-refractivity contribution is -0.143. The first-order chi connectivity index (χ1) is 12.6. The molecule has 2 aromatic carbocycles. The van der Waals surface area contributed by atoms with Gasteiger partial charge in [0.15, 0.2) is 5.82 Å². The van der Waals surface area contributed by atoms with E-state index in [9.17, 15) is 26.3 Å². The van der Waals surface area contributed by atoms with Crippen LogP contribution in [-0.2, 0) is 12.4 Å². The summed E-state index contributed by atoms with van der Waals surface area (Å²) in [4.78, 5) is 8.11. The molecule has 3 aromatic rings. The molecule has 0 radical (unpaired) electrons. The molecule has 3 nitrogen and oxygen atoms in total. The number of rotatable bonds is 3. The van der Waals surface area contributed by atoms with Gasteiger partial charge in [0.05, 0.1) is 11.1 Å². The lowest BCUT2D eigenvalue weighted by atomic mass is 10.1. The Morgan fingerprint density at radius 1 is 0.704 bits per heavy atom. The van der Waals surface area contributed by atoms with Crippen molar-refractivity contribution in [1.29, 1.82) is 0 Å². The van der Waals surface area contributed by atoms with Gasteiger partial charge in [-0.15, -0.1) is 0 Å². The van der Waals surface area contributed by atoms with Crippen molar-refractivity contribution in [3.05, 3.63) is 72.1 Å². The normalized spacial score (nSPS) is 12.1. The third-order valence-corrected chi connectivity index (χ3v) is 3.60. The summed E-state index contributed by atoms with van der Waals surface area (Å²) in [5.41, 5.74) is -2.43. The van der Waals surface area contributed by atoms with Gasteiger partial charge in [0.1, 0.15) is 0 Å². The summed E-state index contributed by atoms with van der Waals surface area (Å²) < 4.78 is 78.0. The molecular weight excluding hydrogens is 372 g/mol. The summed E-state index contributed by atoms with van der Waals surface area (Å²) in [6.07, 6.45) is -6.88. The van der Waals surface area contributed by atoms with Gasteiger partial charge in [0.25, 0.3) is 0 Å². The smallest absolute Gasteiger partial charge is 0.355 e. The first-order valence-corrected chi connectivity index (χ1v) is 7.57. The molecule has 0 aliphatic rings. The highest BCUT2D eigenvalue weighted by Crippen LogP contribution is 2.38. The number of benzene rings is 2. The zero-order valence-electron chi connectivity index (χ0n) is 13.4. The first kappa shape index (κ1) is 18.7. The van der Waals surface area contributed by atoms with Crippen molar-refractivity contribution in [3.63, 3.8) is 0 Å². The molecule has 0 fully saturated rings. The SMILES string of the molecule is FC(F)(F)c1cc(Nc2ccccc2-c2ncccn2)cc(C(F)(F)F)c1. The Bertz CT molecular complexity index is 904. The maximum absolute atomic E-state index is 13.0. The monoisotopic (exact) mass is 383 g/mol. The molecule has 1 aromatic heterocycles. The van der Waals surface area contributed by atoms with Crippen LogP contribution in [0.2, 0.25) is 0 Å². The van der Waals surface area contributed by atoms with E-state index in [0.717, 1.165) is 0 Å². The number of halogens is 6. The maximum atomic E-state index is 13.0. The Morgan fingerprint density at radius 2 is 1.26 bits per heavy atom. The Morgan fingerprint density at radius 3 is 1.81 bits per heavy atom. The molecule has 0 unspecified atom stereocenters.